The summed E-state index contributed by atoms with van der Waals surface area (Å²) in [5.41, 5.74) is 16.0. The zero-order valence-electron chi connectivity index (χ0n) is 14.8. The second-order valence-electron chi connectivity index (χ2n) is 5.54. The maximum atomic E-state index is 10.8. The molecule has 4 nitrogen and oxygen atoms in total. The lowest BCUT2D eigenvalue weighted by Crippen LogP contribution is -2.06. The Kier molecular flexibility index (Phi) is 8.80. The van der Waals surface area contributed by atoms with Crippen molar-refractivity contribution in [2.75, 3.05) is 0 Å². The van der Waals surface area contributed by atoms with E-state index in [9.17, 15) is 9.59 Å². The fraction of sp³-hybridized carbons (Fsp3) is 0.200. The standard InChI is InChI=1S/C14H16N2O2.C6H10/c1-9-3-4-11(5-7-13(15)17)10(2)12(9)6-8-14(16)18;1-5(2)6(3)4/h3-8H,1-2H3,(H2,15,17)(H2,16,18);1,3H2,2,4H3. The fourth-order valence-corrected chi connectivity index (χ4v) is 1.66. The summed E-state index contributed by atoms with van der Waals surface area (Å²) in [5.74, 6) is -0.990. The Morgan fingerprint density at radius 1 is 0.917 bits per heavy atom. The minimum Gasteiger partial charge on any atom is -0.366 e. The Balaban J connectivity index is 0.000000754. The molecule has 0 aliphatic carbocycles. The molecule has 1 rings (SSSR count). The third kappa shape index (κ3) is 7.94. The Labute approximate surface area is 144 Å². The lowest BCUT2D eigenvalue weighted by atomic mass is 9.97. The zero-order valence-corrected chi connectivity index (χ0v) is 14.8. The summed E-state index contributed by atoms with van der Waals surface area (Å²) in [7, 11) is 0. The van der Waals surface area contributed by atoms with Gasteiger partial charge in [-0.2, -0.15) is 0 Å². The molecule has 0 aliphatic rings. The van der Waals surface area contributed by atoms with Gasteiger partial charge in [0.05, 0.1) is 0 Å². The van der Waals surface area contributed by atoms with E-state index < -0.39 is 11.8 Å². The quantitative estimate of drug-likeness (QED) is 0.641. The van der Waals surface area contributed by atoms with Crippen molar-refractivity contribution in [1.82, 2.24) is 0 Å². The number of aryl methyl sites for hydroxylation is 1. The van der Waals surface area contributed by atoms with Gasteiger partial charge in [-0.15, -0.1) is 0 Å². The van der Waals surface area contributed by atoms with E-state index in [4.69, 9.17) is 11.5 Å². The molecular weight excluding hydrogens is 300 g/mol. The Hall–Kier alpha value is -2.88. The van der Waals surface area contributed by atoms with E-state index in [0.717, 1.165) is 33.4 Å². The van der Waals surface area contributed by atoms with Crippen LogP contribution in [0.15, 0.2) is 48.6 Å². The molecule has 0 saturated carbocycles. The SMILES string of the molecule is C=C(C)C(=C)C.Cc1ccc(C=CC(N)=O)c(C)c1C=CC(N)=O. The average Bonchev–Trinajstić information content (AvgIpc) is 2.46. The van der Waals surface area contributed by atoms with Crippen molar-refractivity contribution in [2.24, 2.45) is 11.5 Å². The molecule has 0 aliphatic heterocycles. The number of carbonyl (C=O) groups is 2. The maximum absolute atomic E-state index is 10.8. The second-order valence-corrected chi connectivity index (χ2v) is 5.54. The predicted molar refractivity (Wildman–Crippen MR) is 102 cm³/mol. The van der Waals surface area contributed by atoms with Crippen LogP contribution in [-0.2, 0) is 9.59 Å². The molecule has 0 heterocycles. The van der Waals surface area contributed by atoms with Crippen LogP contribution >= 0.6 is 0 Å². The number of amides is 2. The summed E-state index contributed by atoms with van der Waals surface area (Å²) in [5, 5.41) is 0. The molecule has 0 radical (unpaired) electrons. The fourth-order valence-electron chi connectivity index (χ4n) is 1.66. The molecule has 2 amide bonds. The van der Waals surface area contributed by atoms with Crippen molar-refractivity contribution in [1.29, 1.82) is 0 Å². The Bertz CT molecular complexity index is 699. The molecule has 1 aromatic rings. The van der Waals surface area contributed by atoms with Crippen LogP contribution < -0.4 is 11.5 Å². The topological polar surface area (TPSA) is 86.2 Å². The minimum absolute atomic E-state index is 0.494. The first-order chi connectivity index (χ1) is 11.1. The molecule has 0 atom stereocenters. The number of hydrogen-bond acceptors (Lipinski definition) is 2. The Morgan fingerprint density at radius 2 is 1.38 bits per heavy atom. The number of hydrogen-bond donors (Lipinski definition) is 2. The number of benzene rings is 1. The third-order valence-electron chi connectivity index (χ3n) is 3.34. The van der Waals surface area contributed by atoms with Crippen LogP contribution in [0.4, 0.5) is 0 Å². The van der Waals surface area contributed by atoms with E-state index in [1.54, 1.807) is 12.2 Å². The lowest BCUT2D eigenvalue weighted by molar-refractivity contribution is -0.114. The van der Waals surface area contributed by atoms with Gasteiger partial charge in [-0.1, -0.05) is 36.4 Å². The summed E-state index contributed by atoms with van der Waals surface area (Å²) in [6, 6.07) is 3.81. The second kappa shape index (κ2) is 10.0. The Morgan fingerprint density at radius 3 is 1.79 bits per heavy atom. The van der Waals surface area contributed by atoms with Gasteiger partial charge in [0.15, 0.2) is 0 Å². The highest BCUT2D eigenvalue weighted by atomic mass is 16.1. The predicted octanol–water partition coefficient (Wildman–Crippen LogP) is 3.44. The molecule has 4 N–H and O–H groups in total. The normalized spacial score (nSPS) is 10.3. The molecule has 0 bridgehead atoms. The van der Waals surface area contributed by atoms with Gasteiger partial charge in [0.2, 0.25) is 11.8 Å². The van der Waals surface area contributed by atoms with Gasteiger partial charge in [0.25, 0.3) is 0 Å². The zero-order chi connectivity index (χ0) is 18.9. The smallest absolute Gasteiger partial charge is 0.241 e. The molecule has 0 spiro atoms. The van der Waals surface area contributed by atoms with E-state index in [0.29, 0.717) is 0 Å². The van der Waals surface area contributed by atoms with Crippen LogP contribution in [-0.4, -0.2) is 11.8 Å². The van der Waals surface area contributed by atoms with Crippen molar-refractivity contribution in [3.63, 3.8) is 0 Å². The van der Waals surface area contributed by atoms with E-state index in [1.165, 1.54) is 12.2 Å². The molecule has 24 heavy (non-hydrogen) atoms. The summed E-state index contributed by atoms with van der Waals surface area (Å²) in [6.45, 7) is 15.1. The number of carbonyl (C=O) groups excluding carboxylic acids is 2. The van der Waals surface area contributed by atoms with Crippen LogP contribution in [0.2, 0.25) is 0 Å². The first kappa shape index (κ1) is 21.1. The lowest BCUT2D eigenvalue weighted by Gasteiger charge is -2.08. The van der Waals surface area contributed by atoms with Gasteiger partial charge in [-0.25, -0.2) is 0 Å². The van der Waals surface area contributed by atoms with Crippen molar-refractivity contribution < 1.29 is 9.59 Å². The van der Waals surface area contributed by atoms with Crippen molar-refractivity contribution in [2.45, 2.75) is 27.7 Å². The van der Waals surface area contributed by atoms with Crippen LogP contribution in [0.1, 0.15) is 36.1 Å². The van der Waals surface area contributed by atoms with E-state index in [2.05, 4.69) is 13.2 Å². The number of primary amides is 2. The highest BCUT2D eigenvalue weighted by Crippen LogP contribution is 2.20. The molecular formula is C20H26N2O2. The summed E-state index contributed by atoms with van der Waals surface area (Å²) < 4.78 is 0. The van der Waals surface area contributed by atoms with Crippen LogP contribution in [0, 0.1) is 13.8 Å². The van der Waals surface area contributed by atoms with E-state index in [-0.39, 0.29) is 0 Å². The largest absolute Gasteiger partial charge is 0.366 e. The van der Waals surface area contributed by atoms with Gasteiger partial charge < -0.3 is 11.5 Å². The molecule has 0 saturated heterocycles. The van der Waals surface area contributed by atoms with Crippen molar-refractivity contribution >= 4 is 24.0 Å². The first-order valence-corrected chi connectivity index (χ1v) is 7.42. The molecule has 0 aromatic heterocycles. The van der Waals surface area contributed by atoms with Crippen LogP contribution in [0.3, 0.4) is 0 Å². The van der Waals surface area contributed by atoms with Crippen molar-refractivity contribution in [3.05, 3.63) is 70.8 Å². The summed E-state index contributed by atoms with van der Waals surface area (Å²) in [6.07, 6.45) is 5.95. The van der Waals surface area contributed by atoms with Gasteiger partial charge in [0.1, 0.15) is 0 Å². The van der Waals surface area contributed by atoms with Crippen molar-refractivity contribution in [3.8, 4) is 0 Å². The summed E-state index contributed by atoms with van der Waals surface area (Å²) in [4.78, 5) is 21.5. The summed E-state index contributed by atoms with van der Waals surface area (Å²) >= 11 is 0. The minimum atomic E-state index is -0.496. The van der Waals surface area contributed by atoms with Crippen LogP contribution in [0.5, 0.6) is 0 Å². The highest BCUT2D eigenvalue weighted by Gasteiger charge is 2.03. The van der Waals surface area contributed by atoms with Gasteiger partial charge in [0, 0.05) is 12.2 Å². The maximum Gasteiger partial charge on any atom is 0.241 e. The number of allylic oxidation sites excluding steroid dienone is 2. The molecule has 1 aromatic carbocycles. The molecule has 0 unspecified atom stereocenters. The van der Waals surface area contributed by atoms with E-state index >= 15 is 0 Å². The van der Waals surface area contributed by atoms with Crippen LogP contribution in [0.25, 0.3) is 12.2 Å². The highest BCUT2D eigenvalue weighted by molar-refractivity contribution is 5.92. The first-order valence-electron chi connectivity index (χ1n) is 7.42. The van der Waals surface area contributed by atoms with Gasteiger partial charge in [-0.3, -0.25) is 9.59 Å². The third-order valence-corrected chi connectivity index (χ3v) is 3.34. The molecule has 4 heteroatoms. The van der Waals surface area contributed by atoms with E-state index in [1.807, 2.05) is 39.8 Å². The number of nitrogens with two attached hydrogens (primary N) is 2. The molecule has 128 valence electrons. The molecule has 0 fully saturated rings. The number of rotatable bonds is 5. The van der Waals surface area contributed by atoms with Gasteiger partial charge in [-0.05, 0) is 62.1 Å². The average molecular weight is 326 g/mol. The van der Waals surface area contributed by atoms with Gasteiger partial charge >= 0.3 is 0 Å². The monoisotopic (exact) mass is 326 g/mol.